The Morgan fingerprint density at radius 3 is 2.64 bits per heavy atom. The highest BCUT2D eigenvalue weighted by Crippen LogP contribution is 2.28. The fourth-order valence-electron chi connectivity index (χ4n) is 2.96. The van der Waals surface area contributed by atoms with Crippen molar-refractivity contribution in [1.82, 2.24) is 4.90 Å². The maximum Gasteiger partial charge on any atom is 0.225 e. The summed E-state index contributed by atoms with van der Waals surface area (Å²) in [6, 6.07) is 5.01. The van der Waals surface area contributed by atoms with Crippen LogP contribution in [0.25, 0.3) is 0 Å². The standard InChI is InChI=1S/C16H21Cl2NO3/c17-12-7-11(8-13(18)9-12)15(21)10-16(22)19-5-1-3-14(19)4-2-6-20/h7-9,14-15,20-21H,1-6,10H2. The Bertz CT molecular complexity index is 504. The average Bonchev–Trinajstić information content (AvgIpc) is 2.92. The van der Waals surface area contributed by atoms with Crippen LogP contribution in [0.4, 0.5) is 0 Å². The molecule has 4 nitrogen and oxygen atoms in total. The minimum absolute atomic E-state index is 0.0201. The highest BCUT2D eigenvalue weighted by molar-refractivity contribution is 6.34. The van der Waals surface area contributed by atoms with Crippen molar-refractivity contribution in [3.05, 3.63) is 33.8 Å². The fraction of sp³-hybridized carbons (Fsp3) is 0.562. The van der Waals surface area contributed by atoms with Crippen LogP contribution in [-0.2, 0) is 4.79 Å². The summed E-state index contributed by atoms with van der Waals surface area (Å²) in [5, 5.41) is 20.1. The third kappa shape index (κ3) is 4.59. The molecule has 0 aromatic heterocycles. The molecular formula is C16H21Cl2NO3. The Morgan fingerprint density at radius 1 is 1.32 bits per heavy atom. The predicted octanol–water partition coefficient (Wildman–Crippen LogP) is 3.18. The first-order chi connectivity index (χ1) is 10.5. The maximum atomic E-state index is 12.4. The molecule has 0 spiro atoms. The molecule has 1 amide bonds. The van der Waals surface area contributed by atoms with Crippen molar-refractivity contribution < 1.29 is 15.0 Å². The highest BCUT2D eigenvalue weighted by atomic mass is 35.5. The van der Waals surface area contributed by atoms with Gasteiger partial charge in [0.05, 0.1) is 12.5 Å². The van der Waals surface area contributed by atoms with Crippen molar-refractivity contribution in [2.75, 3.05) is 13.2 Å². The molecule has 2 N–H and O–H groups in total. The van der Waals surface area contributed by atoms with E-state index in [1.165, 1.54) is 0 Å². The number of likely N-dealkylation sites (tertiary alicyclic amines) is 1. The molecule has 1 fully saturated rings. The van der Waals surface area contributed by atoms with Crippen molar-refractivity contribution >= 4 is 29.1 Å². The quantitative estimate of drug-likeness (QED) is 0.832. The van der Waals surface area contributed by atoms with E-state index in [0.717, 1.165) is 25.8 Å². The number of hydrogen-bond donors (Lipinski definition) is 2. The zero-order chi connectivity index (χ0) is 16.1. The molecule has 0 bridgehead atoms. The molecular weight excluding hydrogens is 325 g/mol. The summed E-state index contributed by atoms with van der Waals surface area (Å²) in [4.78, 5) is 14.2. The lowest BCUT2D eigenvalue weighted by molar-refractivity contribution is -0.134. The summed E-state index contributed by atoms with van der Waals surface area (Å²) in [5.41, 5.74) is 0.553. The largest absolute Gasteiger partial charge is 0.396 e. The van der Waals surface area contributed by atoms with E-state index in [1.54, 1.807) is 18.2 Å². The number of hydrogen-bond acceptors (Lipinski definition) is 3. The van der Waals surface area contributed by atoms with Crippen LogP contribution in [0.15, 0.2) is 18.2 Å². The molecule has 1 heterocycles. The SMILES string of the molecule is O=C(CC(O)c1cc(Cl)cc(Cl)c1)N1CCCC1CCCO. The molecule has 1 aliphatic heterocycles. The highest BCUT2D eigenvalue weighted by Gasteiger charge is 2.29. The minimum atomic E-state index is -0.914. The minimum Gasteiger partial charge on any atom is -0.396 e. The van der Waals surface area contributed by atoms with Crippen LogP contribution in [0, 0.1) is 0 Å². The predicted molar refractivity (Wildman–Crippen MR) is 87.1 cm³/mol. The van der Waals surface area contributed by atoms with Gasteiger partial charge in [-0.3, -0.25) is 4.79 Å². The van der Waals surface area contributed by atoms with E-state index in [1.807, 2.05) is 4.90 Å². The van der Waals surface area contributed by atoms with Crippen molar-refractivity contribution in [3.63, 3.8) is 0 Å². The lowest BCUT2D eigenvalue weighted by Gasteiger charge is -2.26. The van der Waals surface area contributed by atoms with Gasteiger partial charge in [0.1, 0.15) is 0 Å². The second-order valence-corrected chi connectivity index (χ2v) is 6.54. The Kier molecular flexibility index (Phi) is 6.50. The van der Waals surface area contributed by atoms with E-state index in [0.29, 0.717) is 22.0 Å². The van der Waals surface area contributed by atoms with Gasteiger partial charge >= 0.3 is 0 Å². The molecule has 2 unspecified atom stereocenters. The monoisotopic (exact) mass is 345 g/mol. The molecule has 0 radical (unpaired) electrons. The zero-order valence-electron chi connectivity index (χ0n) is 12.3. The summed E-state index contributed by atoms with van der Waals surface area (Å²) in [5.74, 6) is -0.0657. The molecule has 2 rings (SSSR count). The molecule has 0 saturated carbocycles. The summed E-state index contributed by atoms with van der Waals surface area (Å²) >= 11 is 11.8. The summed E-state index contributed by atoms with van der Waals surface area (Å²) in [7, 11) is 0. The third-order valence-electron chi connectivity index (χ3n) is 4.03. The van der Waals surface area contributed by atoms with E-state index in [9.17, 15) is 9.90 Å². The van der Waals surface area contributed by atoms with Crippen LogP contribution in [0.2, 0.25) is 10.0 Å². The molecule has 1 saturated heterocycles. The number of carbonyl (C=O) groups excluding carboxylic acids is 1. The summed E-state index contributed by atoms with van der Waals surface area (Å²) < 4.78 is 0. The van der Waals surface area contributed by atoms with E-state index in [4.69, 9.17) is 28.3 Å². The van der Waals surface area contributed by atoms with Crippen LogP contribution < -0.4 is 0 Å². The number of aliphatic hydroxyl groups excluding tert-OH is 2. The molecule has 22 heavy (non-hydrogen) atoms. The lowest BCUT2D eigenvalue weighted by Crippen LogP contribution is -2.36. The molecule has 1 aromatic carbocycles. The molecule has 0 aliphatic carbocycles. The number of nitrogens with zero attached hydrogens (tertiary/aromatic N) is 1. The van der Waals surface area contributed by atoms with Gasteiger partial charge < -0.3 is 15.1 Å². The van der Waals surface area contributed by atoms with Crippen LogP contribution in [0.5, 0.6) is 0 Å². The Hall–Kier alpha value is -0.810. The van der Waals surface area contributed by atoms with Crippen LogP contribution >= 0.6 is 23.2 Å². The van der Waals surface area contributed by atoms with E-state index < -0.39 is 6.10 Å². The van der Waals surface area contributed by atoms with Gasteiger partial charge in [0.2, 0.25) is 5.91 Å². The number of halogens is 2. The topological polar surface area (TPSA) is 60.8 Å². The first kappa shape index (κ1) is 17.5. The second-order valence-electron chi connectivity index (χ2n) is 5.67. The smallest absolute Gasteiger partial charge is 0.225 e. The van der Waals surface area contributed by atoms with Crippen molar-refractivity contribution in [3.8, 4) is 0 Å². The van der Waals surface area contributed by atoms with Crippen molar-refractivity contribution in [1.29, 1.82) is 0 Å². The molecule has 6 heteroatoms. The molecule has 1 aromatic rings. The maximum absolute atomic E-state index is 12.4. The molecule has 122 valence electrons. The molecule has 1 aliphatic rings. The van der Waals surface area contributed by atoms with Crippen LogP contribution in [0.3, 0.4) is 0 Å². The number of carbonyl (C=O) groups is 1. The van der Waals surface area contributed by atoms with Crippen molar-refractivity contribution in [2.45, 2.75) is 44.2 Å². The van der Waals surface area contributed by atoms with Gasteiger partial charge in [-0.1, -0.05) is 23.2 Å². The number of benzene rings is 1. The normalized spacial score (nSPS) is 19.5. The first-order valence-electron chi connectivity index (χ1n) is 7.55. The van der Waals surface area contributed by atoms with Crippen molar-refractivity contribution in [2.24, 2.45) is 0 Å². The van der Waals surface area contributed by atoms with Gasteiger partial charge in [-0.25, -0.2) is 0 Å². The number of aliphatic hydroxyl groups is 2. The van der Waals surface area contributed by atoms with Gasteiger partial charge in [-0.2, -0.15) is 0 Å². The third-order valence-corrected chi connectivity index (χ3v) is 4.47. The van der Waals surface area contributed by atoms with Gasteiger partial charge in [0, 0.05) is 29.2 Å². The number of rotatable bonds is 6. The number of amides is 1. The molecule has 2 atom stereocenters. The van der Waals surface area contributed by atoms with E-state index in [2.05, 4.69) is 0 Å². The van der Waals surface area contributed by atoms with Crippen LogP contribution in [0.1, 0.15) is 43.8 Å². The van der Waals surface area contributed by atoms with Gasteiger partial charge in [0.25, 0.3) is 0 Å². The first-order valence-corrected chi connectivity index (χ1v) is 8.31. The van der Waals surface area contributed by atoms with Crippen LogP contribution in [-0.4, -0.2) is 40.2 Å². The van der Waals surface area contributed by atoms with Gasteiger partial charge in [-0.15, -0.1) is 0 Å². The average molecular weight is 346 g/mol. The van der Waals surface area contributed by atoms with E-state index in [-0.39, 0.29) is 25.0 Å². The second kappa shape index (κ2) is 8.16. The summed E-state index contributed by atoms with van der Waals surface area (Å²) in [6.45, 7) is 0.861. The fourth-order valence-corrected chi connectivity index (χ4v) is 3.50. The lowest BCUT2D eigenvalue weighted by atomic mass is 10.0. The van der Waals surface area contributed by atoms with Gasteiger partial charge in [-0.05, 0) is 49.4 Å². The zero-order valence-corrected chi connectivity index (χ0v) is 13.9. The van der Waals surface area contributed by atoms with E-state index >= 15 is 0 Å². The summed E-state index contributed by atoms with van der Waals surface area (Å²) in [6.07, 6.45) is 2.54. The van der Waals surface area contributed by atoms with Gasteiger partial charge in [0.15, 0.2) is 0 Å². The Morgan fingerprint density at radius 2 is 2.00 bits per heavy atom. The Balaban J connectivity index is 1.98. The Labute approximate surface area is 140 Å².